The predicted molar refractivity (Wildman–Crippen MR) is 77.6 cm³/mol. The highest BCUT2D eigenvalue weighted by Crippen LogP contribution is 2.19. The van der Waals surface area contributed by atoms with Crippen LogP contribution in [-0.2, 0) is 4.79 Å². The maximum Gasteiger partial charge on any atom is 0.253 e. The lowest BCUT2D eigenvalue weighted by atomic mass is 10.1. The molecule has 1 rings (SSSR count). The third-order valence-corrected chi connectivity index (χ3v) is 2.59. The van der Waals surface area contributed by atoms with Gasteiger partial charge in [-0.1, -0.05) is 0 Å². The first-order valence-corrected chi connectivity index (χ1v) is 6.45. The van der Waals surface area contributed by atoms with Crippen molar-refractivity contribution in [3.05, 3.63) is 23.8 Å². The number of ether oxygens (including phenoxy) is 1. The average molecular weight is 279 g/mol. The molecule has 0 atom stereocenters. The fourth-order valence-corrected chi connectivity index (χ4v) is 1.64. The monoisotopic (exact) mass is 279 g/mol. The molecule has 0 saturated carbocycles. The van der Waals surface area contributed by atoms with Gasteiger partial charge in [0.05, 0.1) is 12.7 Å². The van der Waals surface area contributed by atoms with E-state index in [1.165, 1.54) is 7.11 Å². The summed E-state index contributed by atoms with van der Waals surface area (Å²) in [5.74, 6) is 0.138. The number of nitrogens with two attached hydrogens (primary N) is 1. The van der Waals surface area contributed by atoms with Crippen LogP contribution in [0.2, 0.25) is 0 Å². The first kappa shape index (κ1) is 15.8. The summed E-state index contributed by atoms with van der Waals surface area (Å²) < 4.78 is 5.05. The number of hydrogen-bond donors (Lipinski definition) is 3. The summed E-state index contributed by atoms with van der Waals surface area (Å²) in [4.78, 5) is 23.4. The Morgan fingerprint density at radius 2 is 2.05 bits per heavy atom. The Hall–Kier alpha value is -2.24. The van der Waals surface area contributed by atoms with Crippen molar-refractivity contribution in [3.63, 3.8) is 0 Å². The number of nitrogens with one attached hydrogen (secondary N) is 2. The van der Waals surface area contributed by atoms with Crippen LogP contribution in [-0.4, -0.2) is 31.5 Å². The third-order valence-electron chi connectivity index (χ3n) is 2.59. The predicted octanol–water partition coefficient (Wildman–Crippen LogP) is 0.922. The first-order valence-electron chi connectivity index (χ1n) is 6.45. The Labute approximate surface area is 118 Å². The van der Waals surface area contributed by atoms with Crippen molar-refractivity contribution in [1.29, 1.82) is 0 Å². The van der Waals surface area contributed by atoms with E-state index >= 15 is 0 Å². The molecular weight excluding hydrogens is 258 g/mol. The van der Waals surface area contributed by atoms with Crippen LogP contribution in [0.25, 0.3) is 0 Å². The number of benzene rings is 1. The molecule has 6 heteroatoms. The molecule has 20 heavy (non-hydrogen) atoms. The number of amides is 2. The van der Waals surface area contributed by atoms with E-state index in [1.54, 1.807) is 18.2 Å². The molecule has 1 aromatic rings. The van der Waals surface area contributed by atoms with Gasteiger partial charge in [-0.2, -0.15) is 0 Å². The van der Waals surface area contributed by atoms with Gasteiger partial charge < -0.3 is 21.1 Å². The minimum atomic E-state index is -0.321. The van der Waals surface area contributed by atoms with Crippen molar-refractivity contribution < 1.29 is 14.3 Å². The van der Waals surface area contributed by atoms with E-state index in [1.807, 2.05) is 13.8 Å². The fourth-order valence-electron chi connectivity index (χ4n) is 1.64. The molecule has 0 aliphatic rings. The molecule has 0 spiro atoms. The van der Waals surface area contributed by atoms with Gasteiger partial charge in [0.25, 0.3) is 5.91 Å². The molecule has 0 heterocycles. The fraction of sp³-hybridized carbons (Fsp3) is 0.429. The van der Waals surface area contributed by atoms with Gasteiger partial charge in [-0.05, 0) is 32.0 Å². The van der Waals surface area contributed by atoms with Crippen LogP contribution in [0.5, 0.6) is 5.75 Å². The van der Waals surface area contributed by atoms with Crippen molar-refractivity contribution in [1.82, 2.24) is 10.6 Å². The van der Waals surface area contributed by atoms with Crippen LogP contribution < -0.4 is 21.1 Å². The smallest absolute Gasteiger partial charge is 0.253 e. The number of nitrogen functional groups attached to an aromatic ring is 1. The van der Waals surface area contributed by atoms with Crippen LogP contribution in [0.4, 0.5) is 5.69 Å². The number of hydrogen-bond acceptors (Lipinski definition) is 4. The van der Waals surface area contributed by atoms with Crippen LogP contribution in [0.1, 0.15) is 30.6 Å². The summed E-state index contributed by atoms with van der Waals surface area (Å²) in [6.07, 6.45) is 0.230. The number of carbonyl (C=O) groups is 2. The number of carbonyl (C=O) groups excluding carboxylic acids is 2. The van der Waals surface area contributed by atoms with Crippen molar-refractivity contribution in [3.8, 4) is 5.75 Å². The van der Waals surface area contributed by atoms with Crippen LogP contribution in [0.3, 0.4) is 0 Å². The van der Waals surface area contributed by atoms with E-state index in [-0.39, 0.29) is 30.8 Å². The third kappa shape index (κ3) is 4.79. The second-order valence-corrected chi connectivity index (χ2v) is 4.68. The zero-order valence-corrected chi connectivity index (χ0v) is 12.0. The van der Waals surface area contributed by atoms with Gasteiger partial charge in [0, 0.05) is 24.7 Å². The largest absolute Gasteiger partial charge is 0.497 e. The molecule has 0 aliphatic carbocycles. The highest BCUT2D eigenvalue weighted by molar-refractivity contribution is 5.99. The maximum atomic E-state index is 12.0. The van der Waals surface area contributed by atoms with Gasteiger partial charge in [0.2, 0.25) is 5.91 Å². The molecule has 6 nitrogen and oxygen atoms in total. The van der Waals surface area contributed by atoms with E-state index in [4.69, 9.17) is 10.5 Å². The molecular formula is C14H21N3O3. The summed E-state index contributed by atoms with van der Waals surface area (Å²) in [7, 11) is 1.52. The second-order valence-electron chi connectivity index (χ2n) is 4.68. The molecule has 0 bridgehead atoms. The van der Waals surface area contributed by atoms with Gasteiger partial charge in [-0.3, -0.25) is 9.59 Å². The van der Waals surface area contributed by atoms with Crippen molar-refractivity contribution in [2.24, 2.45) is 0 Å². The SMILES string of the molecule is COc1ccc(N)c(C(=O)NCCC(=O)NC(C)C)c1. The lowest BCUT2D eigenvalue weighted by molar-refractivity contribution is -0.121. The van der Waals surface area contributed by atoms with E-state index in [0.717, 1.165) is 0 Å². The van der Waals surface area contributed by atoms with Gasteiger partial charge in [-0.15, -0.1) is 0 Å². The summed E-state index contributed by atoms with van der Waals surface area (Å²) in [5, 5.41) is 5.41. The molecule has 0 aromatic heterocycles. The Morgan fingerprint density at radius 3 is 2.65 bits per heavy atom. The Kier molecular flexibility index (Phi) is 5.83. The molecule has 0 fully saturated rings. The van der Waals surface area contributed by atoms with Crippen molar-refractivity contribution in [2.45, 2.75) is 26.3 Å². The Morgan fingerprint density at radius 1 is 1.35 bits per heavy atom. The van der Waals surface area contributed by atoms with E-state index in [0.29, 0.717) is 17.0 Å². The number of anilines is 1. The molecule has 0 aliphatic heterocycles. The van der Waals surface area contributed by atoms with Crippen molar-refractivity contribution in [2.75, 3.05) is 19.4 Å². The molecule has 0 unspecified atom stereocenters. The summed E-state index contributed by atoms with van der Waals surface area (Å²) >= 11 is 0. The van der Waals surface area contributed by atoms with Crippen molar-refractivity contribution >= 4 is 17.5 Å². The quantitative estimate of drug-likeness (QED) is 0.675. The number of methoxy groups -OCH3 is 1. The maximum absolute atomic E-state index is 12.0. The van der Waals surface area contributed by atoms with Gasteiger partial charge in [0.1, 0.15) is 5.75 Å². The molecule has 0 saturated heterocycles. The zero-order chi connectivity index (χ0) is 15.1. The minimum Gasteiger partial charge on any atom is -0.497 e. The highest BCUT2D eigenvalue weighted by Gasteiger charge is 2.11. The average Bonchev–Trinajstić information content (AvgIpc) is 2.38. The second kappa shape index (κ2) is 7.37. The van der Waals surface area contributed by atoms with Crippen LogP contribution >= 0.6 is 0 Å². The Balaban J connectivity index is 2.53. The molecule has 110 valence electrons. The lowest BCUT2D eigenvalue weighted by Gasteiger charge is -2.10. The van der Waals surface area contributed by atoms with E-state index in [9.17, 15) is 9.59 Å². The molecule has 0 radical (unpaired) electrons. The summed E-state index contributed by atoms with van der Waals surface area (Å²) in [6.45, 7) is 4.02. The topological polar surface area (TPSA) is 93.4 Å². The standard InChI is InChI=1S/C14H21N3O3/c1-9(2)17-13(18)6-7-16-14(19)11-8-10(20-3)4-5-12(11)15/h4-5,8-9H,6-7,15H2,1-3H3,(H,16,19)(H,17,18). The molecule has 2 amide bonds. The van der Waals surface area contributed by atoms with Gasteiger partial charge >= 0.3 is 0 Å². The van der Waals surface area contributed by atoms with Gasteiger partial charge in [-0.25, -0.2) is 0 Å². The van der Waals surface area contributed by atoms with E-state index < -0.39 is 0 Å². The molecule has 1 aromatic carbocycles. The summed E-state index contributed by atoms with van der Waals surface area (Å²) in [6, 6.07) is 4.95. The van der Waals surface area contributed by atoms with Crippen LogP contribution in [0.15, 0.2) is 18.2 Å². The Bertz CT molecular complexity index is 487. The van der Waals surface area contributed by atoms with Crippen LogP contribution in [0, 0.1) is 0 Å². The normalized spacial score (nSPS) is 10.2. The lowest BCUT2D eigenvalue weighted by Crippen LogP contribution is -2.34. The minimum absolute atomic E-state index is 0.0900. The first-order chi connectivity index (χ1) is 9.43. The zero-order valence-electron chi connectivity index (χ0n) is 12.0. The molecule has 4 N–H and O–H groups in total. The van der Waals surface area contributed by atoms with E-state index in [2.05, 4.69) is 10.6 Å². The number of rotatable bonds is 6. The highest BCUT2D eigenvalue weighted by atomic mass is 16.5. The summed E-state index contributed by atoms with van der Waals surface area (Å²) in [5.41, 5.74) is 6.46. The van der Waals surface area contributed by atoms with Gasteiger partial charge in [0.15, 0.2) is 0 Å².